The standard InChI is InChI=1S/C15H22N4/c1-11-5-6-14-13(8-11)17-15(16)19(14)10-12-4-3-7-18(2)9-12/h5-6,8,12H,3-4,7,9-10H2,1-2H3,(H2,16,17). The molecule has 0 aliphatic carbocycles. The molecule has 3 rings (SSSR count). The molecule has 1 atom stereocenters. The zero-order chi connectivity index (χ0) is 13.4. The number of hydrogen-bond acceptors (Lipinski definition) is 3. The van der Waals surface area contributed by atoms with Gasteiger partial charge in [-0.2, -0.15) is 0 Å². The second kappa shape index (κ2) is 4.85. The molecule has 0 amide bonds. The highest BCUT2D eigenvalue weighted by Gasteiger charge is 2.19. The first-order valence-corrected chi connectivity index (χ1v) is 7.04. The Hall–Kier alpha value is -1.55. The number of anilines is 1. The van der Waals surface area contributed by atoms with E-state index in [2.05, 4.69) is 46.6 Å². The van der Waals surface area contributed by atoms with Crippen molar-refractivity contribution in [3.8, 4) is 0 Å². The maximum absolute atomic E-state index is 6.09. The molecular formula is C15H22N4. The third-order valence-electron chi connectivity index (χ3n) is 4.10. The lowest BCUT2D eigenvalue weighted by molar-refractivity contribution is 0.196. The van der Waals surface area contributed by atoms with Crippen molar-refractivity contribution in [1.82, 2.24) is 14.5 Å². The van der Waals surface area contributed by atoms with Gasteiger partial charge in [0, 0.05) is 13.1 Å². The first-order chi connectivity index (χ1) is 9.13. The van der Waals surface area contributed by atoms with E-state index in [4.69, 9.17) is 5.73 Å². The summed E-state index contributed by atoms with van der Waals surface area (Å²) in [5, 5.41) is 0. The molecule has 2 heterocycles. The fourth-order valence-electron chi connectivity index (χ4n) is 3.13. The minimum Gasteiger partial charge on any atom is -0.369 e. The van der Waals surface area contributed by atoms with Crippen molar-refractivity contribution in [2.45, 2.75) is 26.3 Å². The molecule has 0 spiro atoms. The van der Waals surface area contributed by atoms with Crippen molar-refractivity contribution in [3.05, 3.63) is 23.8 Å². The smallest absolute Gasteiger partial charge is 0.201 e. The largest absolute Gasteiger partial charge is 0.369 e. The fraction of sp³-hybridized carbons (Fsp3) is 0.533. The molecule has 4 nitrogen and oxygen atoms in total. The molecule has 1 aliphatic rings. The molecule has 0 radical (unpaired) electrons. The summed E-state index contributed by atoms with van der Waals surface area (Å²) >= 11 is 0. The first kappa shape index (κ1) is 12.5. The van der Waals surface area contributed by atoms with Crippen LogP contribution in [-0.4, -0.2) is 34.6 Å². The van der Waals surface area contributed by atoms with Gasteiger partial charge in [0.15, 0.2) is 0 Å². The van der Waals surface area contributed by atoms with Crippen LogP contribution in [0.3, 0.4) is 0 Å². The van der Waals surface area contributed by atoms with E-state index in [-0.39, 0.29) is 0 Å². The Morgan fingerprint density at radius 1 is 1.42 bits per heavy atom. The van der Waals surface area contributed by atoms with Crippen molar-refractivity contribution in [1.29, 1.82) is 0 Å². The summed E-state index contributed by atoms with van der Waals surface area (Å²) in [6, 6.07) is 6.38. The van der Waals surface area contributed by atoms with Gasteiger partial charge in [-0.3, -0.25) is 0 Å². The van der Waals surface area contributed by atoms with Crippen molar-refractivity contribution in [2.75, 3.05) is 25.9 Å². The lowest BCUT2D eigenvalue weighted by atomic mass is 9.98. The molecule has 0 saturated carbocycles. The molecular weight excluding hydrogens is 236 g/mol. The summed E-state index contributed by atoms with van der Waals surface area (Å²) in [6.45, 7) is 5.45. The zero-order valence-corrected chi connectivity index (χ0v) is 11.8. The second-order valence-electron chi connectivity index (χ2n) is 5.84. The van der Waals surface area contributed by atoms with Gasteiger partial charge in [-0.1, -0.05) is 6.07 Å². The van der Waals surface area contributed by atoms with Gasteiger partial charge < -0.3 is 15.2 Å². The van der Waals surface area contributed by atoms with Crippen LogP contribution in [0.4, 0.5) is 5.95 Å². The summed E-state index contributed by atoms with van der Waals surface area (Å²) in [4.78, 5) is 6.90. The number of nitrogens with zero attached hydrogens (tertiary/aromatic N) is 3. The summed E-state index contributed by atoms with van der Waals surface area (Å²) in [5.74, 6) is 1.33. The van der Waals surface area contributed by atoms with E-state index in [0.717, 1.165) is 24.1 Å². The predicted octanol–water partition coefficient (Wildman–Crippen LogP) is 2.27. The predicted molar refractivity (Wildman–Crippen MR) is 79.1 cm³/mol. The maximum Gasteiger partial charge on any atom is 0.201 e. The number of imidazole rings is 1. The molecule has 2 aromatic rings. The molecule has 0 bridgehead atoms. The minimum absolute atomic E-state index is 0.647. The molecule has 1 unspecified atom stereocenters. The number of piperidine rings is 1. The van der Waals surface area contributed by atoms with Gasteiger partial charge in [0.25, 0.3) is 0 Å². The number of aryl methyl sites for hydroxylation is 1. The van der Waals surface area contributed by atoms with Gasteiger partial charge in [0.05, 0.1) is 11.0 Å². The van der Waals surface area contributed by atoms with E-state index in [1.165, 1.54) is 24.9 Å². The summed E-state index contributed by atoms with van der Waals surface area (Å²) in [7, 11) is 2.20. The van der Waals surface area contributed by atoms with Crippen molar-refractivity contribution in [3.63, 3.8) is 0 Å². The lowest BCUT2D eigenvalue weighted by Crippen LogP contribution is -2.34. The van der Waals surface area contributed by atoms with Crippen molar-refractivity contribution in [2.24, 2.45) is 5.92 Å². The average Bonchev–Trinajstić information content (AvgIpc) is 2.65. The van der Waals surface area contributed by atoms with Crippen LogP contribution >= 0.6 is 0 Å². The van der Waals surface area contributed by atoms with Crippen LogP contribution < -0.4 is 5.73 Å². The molecule has 4 heteroatoms. The third-order valence-corrected chi connectivity index (χ3v) is 4.10. The normalized spacial score (nSPS) is 21.1. The Bertz CT molecular complexity index is 587. The second-order valence-corrected chi connectivity index (χ2v) is 5.84. The number of aromatic nitrogens is 2. The van der Waals surface area contributed by atoms with Gasteiger partial charge in [-0.25, -0.2) is 4.98 Å². The number of nitrogen functional groups attached to an aromatic ring is 1. The highest BCUT2D eigenvalue weighted by molar-refractivity contribution is 5.79. The average molecular weight is 258 g/mol. The van der Waals surface area contributed by atoms with Crippen LogP contribution in [0.25, 0.3) is 11.0 Å². The molecule has 2 N–H and O–H groups in total. The van der Waals surface area contributed by atoms with Crippen LogP contribution in [0.1, 0.15) is 18.4 Å². The number of nitrogens with two attached hydrogens (primary N) is 1. The number of fused-ring (bicyclic) bond motifs is 1. The quantitative estimate of drug-likeness (QED) is 0.899. The van der Waals surface area contributed by atoms with E-state index < -0.39 is 0 Å². The topological polar surface area (TPSA) is 47.1 Å². The molecule has 102 valence electrons. The van der Waals surface area contributed by atoms with Gasteiger partial charge in [-0.05, 0) is 57.0 Å². The SMILES string of the molecule is Cc1ccc2c(c1)nc(N)n2CC1CCCN(C)C1. The number of likely N-dealkylation sites (tertiary alicyclic amines) is 1. The molecule has 1 fully saturated rings. The summed E-state index contributed by atoms with van der Waals surface area (Å²) < 4.78 is 2.18. The lowest BCUT2D eigenvalue weighted by Gasteiger charge is -2.30. The van der Waals surface area contributed by atoms with Crippen molar-refractivity contribution >= 4 is 17.0 Å². The highest BCUT2D eigenvalue weighted by Crippen LogP contribution is 2.23. The number of hydrogen-bond donors (Lipinski definition) is 1. The number of benzene rings is 1. The van der Waals surface area contributed by atoms with Gasteiger partial charge in [-0.15, -0.1) is 0 Å². The summed E-state index contributed by atoms with van der Waals surface area (Å²) in [6.07, 6.45) is 2.57. The van der Waals surface area contributed by atoms with Crippen LogP contribution in [0.2, 0.25) is 0 Å². The Labute approximate surface area is 114 Å². The van der Waals surface area contributed by atoms with Crippen LogP contribution in [0, 0.1) is 12.8 Å². The molecule has 1 saturated heterocycles. The molecule has 19 heavy (non-hydrogen) atoms. The Morgan fingerprint density at radius 3 is 3.05 bits per heavy atom. The van der Waals surface area contributed by atoms with Gasteiger partial charge in [0.2, 0.25) is 5.95 Å². The van der Waals surface area contributed by atoms with Crippen molar-refractivity contribution < 1.29 is 0 Å². The van der Waals surface area contributed by atoms with Gasteiger partial charge >= 0.3 is 0 Å². The van der Waals surface area contributed by atoms with Crippen LogP contribution in [0.15, 0.2) is 18.2 Å². The Kier molecular flexibility index (Phi) is 3.19. The Balaban J connectivity index is 1.89. The minimum atomic E-state index is 0.647. The highest BCUT2D eigenvalue weighted by atomic mass is 15.2. The molecule has 1 aromatic carbocycles. The van der Waals surface area contributed by atoms with Crippen LogP contribution in [-0.2, 0) is 6.54 Å². The van der Waals surface area contributed by atoms with E-state index in [1.54, 1.807) is 0 Å². The molecule has 1 aliphatic heterocycles. The molecule has 1 aromatic heterocycles. The van der Waals surface area contributed by atoms with Gasteiger partial charge in [0.1, 0.15) is 0 Å². The van der Waals surface area contributed by atoms with Crippen LogP contribution in [0.5, 0.6) is 0 Å². The maximum atomic E-state index is 6.09. The third kappa shape index (κ3) is 2.45. The Morgan fingerprint density at radius 2 is 2.26 bits per heavy atom. The zero-order valence-electron chi connectivity index (χ0n) is 11.8. The number of rotatable bonds is 2. The summed E-state index contributed by atoms with van der Waals surface area (Å²) in [5.41, 5.74) is 9.50. The van der Waals surface area contributed by atoms with E-state index >= 15 is 0 Å². The monoisotopic (exact) mass is 258 g/mol. The van der Waals surface area contributed by atoms with E-state index in [9.17, 15) is 0 Å². The van der Waals surface area contributed by atoms with E-state index in [1.807, 2.05) is 0 Å². The first-order valence-electron chi connectivity index (χ1n) is 7.04. The fourth-order valence-corrected chi connectivity index (χ4v) is 3.13. The van der Waals surface area contributed by atoms with E-state index in [0.29, 0.717) is 11.9 Å².